The zero-order valence-electron chi connectivity index (χ0n) is 23.3. The van der Waals surface area contributed by atoms with Crippen molar-refractivity contribution in [3.8, 4) is 0 Å². The minimum Gasteiger partial charge on any atom is -0.394 e. The molecule has 0 aromatic rings. The lowest BCUT2D eigenvalue weighted by Gasteiger charge is -2.40. The molecule has 1 aliphatic rings. The molecule has 16 nitrogen and oxygen atoms in total. The first-order valence-electron chi connectivity index (χ1n) is 13.2. The van der Waals surface area contributed by atoms with Crippen molar-refractivity contribution in [1.82, 2.24) is 26.2 Å². The van der Waals surface area contributed by atoms with Crippen LogP contribution in [0, 0.1) is 5.92 Å². The maximum Gasteiger partial charge on any atom is 0.242 e. The highest BCUT2D eigenvalue weighted by molar-refractivity contribution is 5.89. The van der Waals surface area contributed by atoms with Crippen molar-refractivity contribution in [3.63, 3.8) is 0 Å². The van der Waals surface area contributed by atoms with E-state index >= 15 is 0 Å². The van der Waals surface area contributed by atoms with E-state index in [1.165, 1.54) is 11.9 Å². The highest BCUT2D eigenvalue weighted by atomic mass is 16.7. The van der Waals surface area contributed by atoms with E-state index in [4.69, 9.17) is 15.2 Å². The third-order valence-electron chi connectivity index (χ3n) is 6.19. The third kappa shape index (κ3) is 12.5. The van der Waals surface area contributed by atoms with Crippen LogP contribution in [0.3, 0.4) is 0 Å². The highest BCUT2D eigenvalue weighted by Crippen LogP contribution is 2.26. The largest absolute Gasteiger partial charge is 0.394 e. The number of rotatable bonds is 18. The van der Waals surface area contributed by atoms with E-state index in [2.05, 4.69) is 21.3 Å². The van der Waals surface area contributed by atoms with Crippen molar-refractivity contribution in [3.05, 3.63) is 0 Å². The van der Waals surface area contributed by atoms with Gasteiger partial charge in [0.05, 0.1) is 39.0 Å². The summed E-state index contributed by atoms with van der Waals surface area (Å²) in [7, 11) is 1.40. The number of nitrogens with zero attached hydrogens (tertiary/aromatic N) is 1. The number of hydrogen-bond acceptors (Lipinski definition) is 11. The predicted octanol–water partition coefficient (Wildman–Crippen LogP) is -4.48. The van der Waals surface area contributed by atoms with Crippen LogP contribution >= 0.6 is 0 Å². The number of aliphatic hydroxyl groups excluding tert-OH is 3. The molecule has 0 unspecified atom stereocenters. The average Bonchev–Trinajstić information content (AvgIpc) is 2.91. The van der Waals surface area contributed by atoms with Gasteiger partial charge in [0.2, 0.25) is 29.5 Å². The summed E-state index contributed by atoms with van der Waals surface area (Å²) in [4.78, 5) is 61.8. The molecule has 1 heterocycles. The molecule has 0 aliphatic carbocycles. The third-order valence-corrected chi connectivity index (χ3v) is 6.19. The van der Waals surface area contributed by atoms with Gasteiger partial charge in [-0.3, -0.25) is 28.9 Å². The Labute approximate surface area is 233 Å². The molecule has 1 aliphatic heterocycles. The van der Waals surface area contributed by atoms with Gasteiger partial charge in [-0.05, 0) is 12.8 Å². The molecule has 0 saturated carbocycles. The van der Waals surface area contributed by atoms with E-state index in [0.717, 1.165) is 0 Å². The number of nitrogens with one attached hydrogen (secondary N) is 4. The second kappa shape index (κ2) is 18.5. The fourth-order valence-electron chi connectivity index (χ4n) is 3.89. The number of nitrogens with two attached hydrogens (primary N) is 1. The van der Waals surface area contributed by atoms with Gasteiger partial charge in [-0.25, -0.2) is 0 Å². The second-order valence-electron chi connectivity index (χ2n) is 9.52. The minimum atomic E-state index is -1.13. The number of amides is 5. The van der Waals surface area contributed by atoms with Gasteiger partial charge in [0.15, 0.2) is 6.29 Å². The quantitative estimate of drug-likeness (QED) is 0.0723. The molecule has 0 aromatic heterocycles. The van der Waals surface area contributed by atoms with Gasteiger partial charge in [-0.1, -0.05) is 13.8 Å². The van der Waals surface area contributed by atoms with E-state index in [9.17, 15) is 39.3 Å². The number of ether oxygens (including phenoxy) is 2. The summed E-state index contributed by atoms with van der Waals surface area (Å²) in [6.45, 7) is 2.40. The van der Waals surface area contributed by atoms with Crippen LogP contribution in [0.1, 0.15) is 33.1 Å². The monoisotopic (exact) mass is 576 g/mol. The standard InChI is InChI=1S/C24H44N6O10/c1-4-7-28-23(38)15(29-20(35)12-30(10-17(25)32)11-19(34)26-3)5-6-18(33)27-8-9-39-24-22(37)14(2)21(36)16(13-31)40-24/h14-16,21-22,24,31,36-37H,4-13H2,1-3H3,(H2,25,32)(H,26,34)(H,27,33)(H,28,38)(H,29,35)/t14-,15-,16+,21-,22-,24-/m0/s1. The summed E-state index contributed by atoms with van der Waals surface area (Å²) in [6, 6.07) is -1.05. The minimum absolute atomic E-state index is 0.0305. The molecular weight excluding hydrogens is 532 g/mol. The molecule has 9 N–H and O–H groups in total. The molecule has 0 aromatic carbocycles. The number of primary amides is 1. The van der Waals surface area contributed by atoms with E-state index in [0.29, 0.717) is 13.0 Å². The number of hydrogen-bond donors (Lipinski definition) is 8. The zero-order valence-corrected chi connectivity index (χ0v) is 23.3. The Morgan fingerprint density at radius 2 is 1.68 bits per heavy atom. The average molecular weight is 577 g/mol. The lowest BCUT2D eigenvalue weighted by atomic mass is 9.91. The summed E-state index contributed by atoms with van der Waals surface area (Å²) in [5.41, 5.74) is 5.19. The van der Waals surface area contributed by atoms with Gasteiger partial charge < -0.3 is 51.8 Å². The van der Waals surface area contributed by atoms with E-state index < -0.39 is 72.7 Å². The Morgan fingerprint density at radius 1 is 1.00 bits per heavy atom. The predicted molar refractivity (Wildman–Crippen MR) is 140 cm³/mol. The molecule has 230 valence electrons. The Bertz CT molecular complexity index is 845. The lowest BCUT2D eigenvalue weighted by Crippen LogP contribution is -2.55. The van der Waals surface area contributed by atoms with E-state index in [1.807, 2.05) is 6.92 Å². The highest BCUT2D eigenvalue weighted by Gasteiger charge is 2.42. The van der Waals surface area contributed by atoms with Gasteiger partial charge in [-0.2, -0.15) is 0 Å². The van der Waals surface area contributed by atoms with Crippen LogP contribution in [0.25, 0.3) is 0 Å². The van der Waals surface area contributed by atoms with Crippen LogP contribution in [0.4, 0.5) is 0 Å². The van der Waals surface area contributed by atoms with E-state index in [1.54, 1.807) is 6.92 Å². The maximum absolute atomic E-state index is 12.6. The summed E-state index contributed by atoms with van der Waals surface area (Å²) in [5, 5.41) is 39.7. The van der Waals surface area contributed by atoms with Crippen LogP contribution in [0.5, 0.6) is 0 Å². The number of likely N-dealkylation sites (N-methyl/N-ethyl adjacent to an activating group) is 1. The van der Waals surface area contributed by atoms with E-state index in [-0.39, 0.29) is 45.6 Å². The molecule has 0 radical (unpaired) electrons. The van der Waals surface area contributed by atoms with Crippen molar-refractivity contribution < 1.29 is 48.8 Å². The fraction of sp³-hybridized carbons (Fsp3) is 0.792. The van der Waals surface area contributed by atoms with Crippen molar-refractivity contribution >= 4 is 29.5 Å². The van der Waals surface area contributed by atoms with Crippen molar-refractivity contribution in [1.29, 1.82) is 0 Å². The molecule has 1 fully saturated rings. The number of aliphatic hydroxyl groups is 3. The van der Waals surface area contributed by atoms with Crippen molar-refractivity contribution in [2.75, 3.05) is 53.0 Å². The smallest absolute Gasteiger partial charge is 0.242 e. The molecule has 1 rings (SSSR count). The Morgan fingerprint density at radius 3 is 2.27 bits per heavy atom. The van der Waals surface area contributed by atoms with Crippen LogP contribution in [0.2, 0.25) is 0 Å². The normalized spacial score (nSPS) is 23.2. The van der Waals surface area contributed by atoms with Crippen LogP contribution in [-0.4, -0.2) is 133 Å². The topological polar surface area (TPSA) is 242 Å². The summed E-state index contributed by atoms with van der Waals surface area (Å²) in [6.07, 6.45) is -3.67. The van der Waals surface area contributed by atoms with Crippen LogP contribution in [0.15, 0.2) is 0 Å². The number of carbonyl (C=O) groups excluding carboxylic acids is 5. The van der Waals surface area contributed by atoms with Gasteiger partial charge in [-0.15, -0.1) is 0 Å². The van der Waals surface area contributed by atoms with Gasteiger partial charge in [0.1, 0.15) is 18.2 Å². The molecule has 40 heavy (non-hydrogen) atoms. The molecule has 5 amide bonds. The molecule has 16 heteroatoms. The molecule has 1 saturated heterocycles. The summed E-state index contributed by atoms with van der Waals surface area (Å²) in [5.74, 6) is -3.32. The second-order valence-corrected chi connectivity index (χ2v) is 9.52. The first-order valence-corrected chi connectivity index (χ1v) is 13.2. The fourth-order valence-corrected chi connectivity index (χ4v) is 3.89. The maximum atomic E-state index is 12.6. The molecule has 0 bridgehead atoms. The Hall–Kier alpha value is -2.89. The molecular formula is C24H44N6O10. The summed E-state index contributed by atoms with van der Waals surface area (Å²) < 4.78 is 10.8. The van der Waals surface area contributed by atoms with Gasteiger partial charge in [0.25, 0.3) is 0 Å². The first kappa shape index (κ1) is 35.1. The van der Waals surface area contributed by atoms with Crippen molar-refractivity contribution in [2.24, 2.45) is 11.7 Å². The van der Waals surface area contributed by atoms with Crippen molar-refractivity contribution in [2.45, 2.75) is 63.8 Å². The molecule has 0 spiro atoms. The SMILES string of the molecule is CCCNC(=O)[C@H](CCC(=O)NCCO[C@H]1O[C@H](CO)[C@@H](O)[C@H](C)[C@@H]1O)NC(=O)CN(CC(N)=O)CC(=O)NC. The van der Waals surface area contributed by atoms with Gasteiger partial charge >= 0.3 is 0 Å². The Kier molecular flexibility index (Phi) is 16.2. The summed E-state index contributed by atoms with van der Waals surface area (Å²) >= 11 is 0. The van der Waals surface area contributed by atoms with Crippen LogP contribution in [-0.2, 0) is 33.4 Å². The zero-order chi connectivity index (χ0) is 30.2. The lowest BCUT2D eigenvalue weighted by molar-refractivity contribution is -0.287. The van der Waals surface area contributed by atoms with Gasteiger partial charge in [0, 0.05) is 32.5 Å². The molecule has 6 atom stereocenters. The Balaban J connectivity index is 2.60. The first-order chi connectivity index (χ1) is 18.9. The number of carbonyl (C=O) groups is 5. The van der Waals surface area contributed by atoms with Crippen LogP contribution < -0.4 is 27.0 Å².